The molecule has 40 heavy (non-hydrogen) atoms. The van der Waals surface area contributed by atoms with Crippen molar-refractivity contribution in [2.24, 2.45) is 7.05 Å². The van der Waals surface area contributed by atoms with Crippen LogP contribution >= 0.6 is 0 Å². The molecule has 2 aromatic carbocycles. The van der Waals surface area contributed by atoms with E-state index < -0.39 is 0 Å². The Bertz CT molecular complexity index is 1410. The third-order valence-electron chi connectivity index (χ3n) is 8.96. The number of ether oxygens (including phenoxy) is 1. The minimum atomic E-state index is 0.368. The summed E-state index contributed by atoms with van der Waals surface area (Å²) in [6.07, 6.45) is 7.67. The molecule has 3 heterocycles. The molecule has 6 rings (SSSR count). The first kappa shape index (κ1) is 26.7. The van der Waals surface area contributed by atoms with Gasteiger partial charge >= 0.3 is 0 Å². The number of aromatic nitrogens is 6. The molecular weight excluding hydrogens is 498 g/mol. The van der Waals surface area contributed by atoms with Crippen LogP contribution in [0, 0.1) is 0 Å². The topological polar surface area (TPSA) is 73.9 Å². The van der Waals surface area contributed by atoms with Crippen LogP contribution < -0.4 is 4.74 Å². The van der Waals surface area contributed by atoms with Gasteiger partial charge in [-0.3, -0.25) is 4.90 Å². The fraction of sp³-hybridized carbons (Fsp3) is 0.500. The molecule has 0 amide bonds. The van der Waals surface area contributed by atoms with Crippen LogP contribution in [-0.2, 0) is 13.7 Å². The lowest BCUT2D eigenvalue weighted by molar-refractivity contribution is 0.128. The predicted molar refractivity (Wildman–Crippen MR) is 156 cm³/mol. The predicted octanol–water partition coefficient (Wildman–Crippen LogP) is 6.44. The second-order valence-electron chi connectivity index (χ2n) is 11.8. The number of benzene rings is 2. The molecule has 1 unspecified atom stereocenters. The van der Waals surface area contributed by atoms with E-state index in [4.69, 9.17) is 4.74 Å². The zero-order valence-corrected chi connectivity index (χ0v) is 24.2. The molecule has 1 saturated carbocycles. The van der Waals surface area contributed by atoms with Crippen LogP contribution in [0.2, 0.25) is 0 Å². The highest BCUT2D eigenvalue weighted by Gasteiger charge is 2.28. The lowest BCUT2D eigenvalue weighted by Crippen LogP contribution is -2.38. The van der Waals surface area contributed by atoms with E-state index in [1.165, 1.54) is 30.6 Å². The number of hydrogen-bond acceptors (Lipinski definition) is 6. The lowest BCUT2D eigenvalue weighted by Gasteiger charge is -2.36. The highest BCUT2D eigenvalue weighted by molar-refractivity contribution is 5.58. The van der Waals surface area contributed by atoms with Gasteiger partial charge in [0, 0.05) is 24.6 Å². The summed E-state index contributed by atoms with van der Waals surface area (Å²) in [6.45, 7) is 9.51. The fourth-order valence-corrected chi connectivity index (χ4v) is 6.03. The van der Waals surface area contributed by atoms with E-state index in [2.05, 4.69) is 111 Å². The standard InChI is InChI=1S/C32H41N7O/c1-22(2)27-7-5-8-29(19-27)40-21-31-34-35-32(37(31)4)26-13-15-28(16-14-26)39-20-30(33-36-39)25-11-9-24(10-12-25)23(3)38-17-6-18-38/h5,7-12,19-20,22-23,26,28H,6,13-18,21H2,1-4H3/t23?,26-,28-. The Morgan fingerprint density at radius 1 is 0.900 bits per heavy atom. The zero-order chi connectivity index (χ0) is 27.6. The van der Waals surface area contributed by atoms with Gasteiger partial charge in [-0.2, -0.15) is 0 Å². The molecule has 1 saturated heterocycles. The molecule has 2 fully saturated rings. The van der Waals surface area contributed by atoms with Crippen molar-refractivity contribution in [1.29, 1.82) is 0 Å². The first-order chi connectivity index (χ1) is 19.5. The van der Waals surface area contributed by atoms with Gasteiger partial charge in [0.15, 0.2) is 5.82 Å². The number of rotatable bonds is 9. The average Bonchev–Trinajstić information content (AvgIpc) is 3.58. The van der Waals surface area contributed by atoms with Crippen LogP contribution in [0.5, 0.6) is 5.75 Å². The lowest BCUT2D eigenvalue weighted by atomic mass is 9.85. The molecule has 8 nitrogen and oxygen atoms in total. The Morgan fingerprint density at radius 2 is 1.68 bits per heavy atom. The van der Waals surface area contributed by atoms with Crippen molar-refractivity contribution < 1.29 is 4.74 Å². The van der Waals surface area contributed by atoms with Crippen LogP contribution in [0.25, 0.3) is 11.3 Å². The third kappa shape index (κ3) is 5.55. The van der Waals surface area contributed by atoms with Crippen molar-refractivity contribution in [3.05, 3.63) is 77.5 Å². The molecule has 0 radical (unpaired) electrons. The molecule has 0 N–H and O–H groups in total. The minimum Gasteiger partial charge on any atom is -0.486 e. The quantitative estimate of drug-likeness (QED) is 0.244. The number of hydrogen-bond donors (Lipinski definition) is 0. The molecule has 2 aromatic heterocycles. The van der Waals surface area contributed by atoms with E-state index in [1.807, 2.05) is 6.07 Å². The van der Waals surface area contributed by atoms with E-state index in [9.17, 15) is 0 Å². The molecule has 210 valence electrons. The van der Waals surface area contributed by atoms with Crippen molar-refractivity contribution >= 4 is 0 Å². The van der Waals surface area contributed by atoms with Crippen LogP contribution in [0.15, 0.2) is 54.7 Å². The number of likely N-dealkylation sites (tertiary alicyclic amines) is 1. The van der Waals surface area contributed by atoms with E-state index in [0.29, 0.717) is 30.5 Å². The summed E-state index contributed by atoms with van der Waals surface area (Å²) in [6, 6.07) is 18.0. The molecule has 1 aliphatic heterocycles. The van der Waals surface area contributed by atoms with Crippen LogP contribution in [0.3, 0.4) is 0 Å². The minimum absolute atomic E-state index is 0.368. The van der Waals surface area contributed by atoms with Crippen molar-refractivity contribution in [2.45, 2.75) is 83.4 Å². The Morgan fingerprint density at radius 3 is 2.38 bits per heavy atom. The molecule has 4 aromatic rings. The van der Waals surface area contributed by atoms with Gasteiger partial charge in [-0.25, -0.2) is 4.68 Å². The maximum atomic E-state index is 6.07. The third-order valence-corrected chi connectivity index (χ3v) is 8.96. The average molecular weight is 540 g/mol. The summed E-state index contributed by atoms with van der Waals surface area (Å²) in [5, 5.41) is 18.1. The summed E-state index contributed by atoms with van der Waals surface area (Å²) in [5.74, 6) is 3.66. The van der Waals surface area contributed by atoms with Gasteiger partial charge in [0.2, 0.25) is 0 Å². The van der Waals surface area contributed by atoms with Gasteiger partial charge in [-0.15, -0.1) is 15.3 Å². The molecule has 2 aliphatic rings. The SMILES string of the molecule is CC(C)c1cccc(OCc2nnc([C@H]3CC[C@H](n4cc(-c5ccc(C(C)N6CCC6)cc5)nn4)CC3)n2C)c1. The van der Waals surface area contributed by atoms with E-state index in [1.54, 1.807) is 0 Å². The van der Waals surface area contributed by atoms with E-state index >= 15 is 0 Å². The Balaban J connectivity index is 1.04. The summed E-state index contributed by atoms with van der Waals surface area (Å²) in [4.78, 5) is 2.52. The van der Waals surface area contributed by atoms with Gasteiger partial charge in [-0.05, 0) is 81.3 Å². The second kappa shape index (κ2) is 11.5. The first-order valence-electron chi connectivity index (χ1n) is 14.8. The Hall–Kier alpha value is -3.52. The Kier molecular flexibility index (Phi) is 7.69. The Labute approximate surface area is 237 Å². The maximum Gasteiger partial charge on any atom is 0.170 e. The molecule has 1 aliphatic carbocycles. The largest absolute Gasteiger partial charge is 0.486 e. The van der Waals surface area contributed by atoms with E-state index in [0.717, 1.165) is 54.3 Å². The molecule has 0 bridgehead atoms. The van der Waals surface area contributed by atoms with Gasteiger partial charge in [0.1, 0.15) is 23.9 Å². The highest BCUT2D eigenvalue weighted by atomic mass is 16.5. The first-order valence-corrected chi connectivity index (χ1v) is 14.8. The van der Waals surface area contributed by atoms with Crippen LogP contribution in [0.4, 0.5) is 0 Å². The van der Waals surface area contributed by atoms with Crippen molar-refractivity contribution in [2.75, 3.05) is 13.1 Å². The van der Waals surface area contributed by atoms with Crippen molar-refractivity contribution in [1.82, 2.24) is 34.7 Å². The van der Waals surface area contributed by atoms with Gasteiger partial charge in [-0.1, -0.05) is 55.5 Å². The van der Waals surface area contributed by atoms with E-state index in [-0.39, 0.29) is 0 Å². The van der Waals surface area contributed by atoms with Crippen LogP contribution in [0.1, 0.15) is 99.6 Å². The van der Waals surface area contributed by atoms with Crippen LogP contribution in [-0.4, -0.2) is 47.7 Å². The highest BCUT2D eigenvalue weighted by Crippen LogP contribution is 2.37. The summed E-state index contributed by atoms with van der Waals surface area (Å²) < 4.78 is 10.3. The summed E-state index contributed by atoms with van der Waals surface area (Å²) >= 11 is 0. The maximum absolute atomic E-state index is 6.07. The number of nitrogens with zero attached hydrogens (tertiary/aromatic N) is 7. The normalized spacial score (nSPS) is 20.4. The molecular formula is C32H41N7O. The summed E-state index contributed by atoms with van der Waals surface area (Å²) in [7, 11) is 2.06. The van der Waals surface area contributed by atoms with Crippen molar-refractivity contribution in [3.63, 3.8) is 0 Å². The fourth-order valence-electron chi connectivity index (χ4n) is 6.03. The second-order valence-corrected chi connectivity index (χ2v) is 11.8. The van der Waals surface area contributed by atoms with Gasteiger partial charge in [0.05, 0.1) is 12.2 Å². The molecule has 8 heteroatoms. The molecule has 0 spiro atoms. The van der Waals surface area contributed by atoms with Gasteiger partial charge in [0.25, 0.3) is 0 Å². The summed E-state index contributed by atoms with van der Waals surface area (Å²) in [5.41, 5.74) is 4.72. The monoisotopic (exact) mass is 539 g/mol. The van der Waals surface area contributed by atoms with Crippen molar-refractivity contribution in [3.8, 4) is 17.0 Å². The molecule has 1 atom stereocenters. The smallest absolute Gasteiger partial charge is 0.170 e. The zero-order valence-electron chi connectivity index (χ0n) is 24.2. The van der Waals surface area contributed by atoms with Gasteiger partial charge < -0.3 is 9.30 Å².